The molecule has 1 aliphatic carbocycles. The molecule has 1 aliphatic rings. The maximum Gasteiger partial charge on any atom is 0.338 e. The first-order chi connectivity index (χ1) is 24.3. The summed E-state index contributed by atoms with van der Waals surface area (Å²) in [5.41, 5.74) is 8.90. The SMILES string of the molecule is C=C(C)C(=O)Oc1c(C(C)(C)C)cc(C2(c3cc(C(C)(C)C)c(OC(=O)C(=C)C)c(C(C)(C)C)c3)c3ccccc3-c3ccccc32)cc1C(C)(C)C. The summed E-state index contributed by atoms with van der Waals surface area (Å²) in [6.45, 7) is 37.2. The van der Waals surface area contributed by atoms with Gasteiger partial charge in [0.15, 0.2) is 0 Å². The summed E-state index contributed by atoms with van der Waals surface area (Å²) in [5, 5.41) is 0. The Hall–Kier alpha value is -4.70. The molecule has 0 aromatic heterocycles. The van der Waals surface area contributed by atoms with Gasteiger partial charge < -0.3 is 9.47 Å². The zero-order chi connectivity index (χ0) is 39.6. The number of fused-ring (bicyclic) bond motifs is 3. The molecule has 0 saturated carbocycles. The van der Waals surface area contributed by atoms with Gasteiger partial charge >= 0.3 is 11.9 Å². The predicted octanol–water partition coefficient (Wildman–Crippen LogP) is 12.2. The fourth-order valence-corrected chi connectivity index (χ4v) is 7.52. The molecule has 0 radical (unpaired) electrons. The van der Waals surface area contributed by atoms with E-state index in [1.54, 1.807) is 13.8 Å². The van der Waals surface area contributed by atoms with Crippen LogP contribution in [0.1, 0.15) is 141 Å². The van der Waals surface area contributed by atoms with Crippen molar-refractivity contribution in [3.8, 4) is 22.6 Å². The highest BCUT2D eigenvalue weighted by Gasteiger charge is 2.49. The number of carbonyl (C=O) groups excluding carboxylic acids is 2. The van der Waals surface area contributed by atoms with Crippen LogP contribution < -0.4 is 9.47 Å². The molecule has 0 aliphatic heterocycles. The monoisotopic (exact) mass is 710 g/mol. The molecule has 0 heterocycles. The minimum Gasteiger partial charge on any atom is -0.423 e. The fourth-order valence-electron chi connectivity index (χ4n) is 7.52. The van der Waals surface area contributed by atoms with E-state index in [-0.39, 0.29) is 0 Å². The molecule has 0 fully saturated rings. The molecule has 0 amide bonds. The molecule has 53 heavy (non-hydrogen) atoms. The van der Waals surface area contributed by atoms with Crippen molar-refractivity contribution in [2.24, 2.45) is 0 Å². The van der Waals surface area contributed by atoms with Crippen molar-refractivity contribution in [2.45, 2.75) is 124 Å². The minimum absolute atomic E-state index is 0.348. The van der Waals surface area contributed by atoms with E-state index in [1.807, 2.05) is 0 Å². The molecule has 4 aromatic carbocycles. The highest BCUT2D eigenvalue weighted by molar-refractivity contribution is 5.91. The Morgan fingerprint density at radius 2 is 0.755 bits per heavy atom. The van der Waals surface area contributed by atoms with Crippen LogP contribution in [0.3, 0.4) is 0 Å². The molecule has 5 rings (SSSR count). The summed E-state index contributed by atoms with van der Waals surface area (Å²) in [7, 11) is 0. The van der Waals surface area contributed by atoms with Crippen molar-refractivity contribution in [1.82, 2.24) is 0 Å². The van der Waals surface area contributed by atoms with E-state index in [0.717, 1.165) is 33.4 Å². The van der Waals surface area contributed by atoms with Gasteiger partial charge in [0, 0.05) is 33.4 Å². The lowest BCUT2D eigenvalue weighted by Gasteiger charge is -2.39. The molecular weight excluding hydrogens is 653 g/mol. The standard InChI is InChI=1S/C49H58O4/c1-29(2)43(50)52-41-37(45(5,6)7)25-31(26-38(41)46(8,9)10)49(35-23-19-17-21-33(35)34-22-18-20-24-36(34)49)32-27-39(47(11,12)13)42(53-44(51)30(3)4)40(28-32)48(14,15)16/h17-28H,1,3H2,2,4-16H3. The zero-order valence-corrected chi connectivity index (χ0v) is 34.5. The zero-order valence-electron chi connectivity index (χ0n) is 34.5. The molecule has 0 bridgehead atoms. The summed E-state index contributed by atoms with van der Waals surface area (Å²) < 4.78 is 12.6. The number of esters is 2. The topological polar surface area (TPSA) is 52.6 Å². The molecule has 0 unspecified atom stereocenters. The normalized spacial score (nSPS) is 13.9. The number of hydrogen-bond donors (Lipinski definition) is 0. The maximum atomic E-state index is 13.3. The molecule has 0 spiro atoms. The summed E-state index contributed by atoms with van der Waals surface area (Å²) in [4.78, 5) is 26.5. The van der Waals surface area contributed by atoms with E-state index in [1.165, 1.54) is 22.3 Å². The van der Waals surface area contributed by atoms with E-state index in [9.17, 15) is 9.59 Å². The van der Waals surface area contributed by atoms with Gasteiger partial charge in [0.05, 0.1) is 5.41 Å². The molecule has 0 atom stereocenters. The smallest absolute Gasteiger partial charge is 0.338 e. The van der Waals surface area contributed by atoms with Crippen LogP contribution in [0, 0.1) is 0 Å². The molecule has 278 valence electrons. The molecule has 4 aromatic rings. The lowest BCUT2D eigenvalue weighted by molar-refractivity contribution is -0.131. The molecule has 0 saturated heterocycles. The number of ether oxygens (including phenoxy) is 2. The number of carbonyl (C=O) groups is 2. The van der Waals surface area contributed by atoms with Crippen LogP contribution in [0.5, 0.6) is 11.5 Å². The van der Waals surface area contributed by atoms with Crippen LogP contribution in [0.4, 0.5) is 0 Å². The van der Waals surface area contributed by atoms with Crippen LogP contribution in [0.15, 0.2) is 97.1 Å². The van der Waals surface area contributed by atoms with Gasteiger partial charge in [-0.2, -0.15) is 0 Å². The van der Waals surface area contributed by atoms with Gasteiger partial charge in [-0.15, -0.1) is 0 Å². The Kier molecular flexibility index (Phi) is 9.92. The Labute approximate surface area is 318 Å². The lowest BCUT2D eigenvalue weighted by atomic mass is 9.63. The van der Waals surface area contributed by atoms with Crippen LogP contribution in [-0.4, -0.2) is 11.9 Å². The second-order valence-electron chi connectivity index (χ2n) is 19.0. The van der Waals surface area contributed by atoms with Gasteiger partial charge in [-0.3, -0.25) is 0 Å². The van der Waals surface area contributed by atoms with E-state index in [0.29, 0.717) is 22.6 Å². The van der Waals surface area contributed by atoms with Gasteiger partial charge in [0.2, 0.25) is 0 Å². The number of hydrogen-bond acceptors (Lipinski definition) is 4. The Balaban J connectivity index is 2.08. The minimum atomic E-state index is -0.791. The van der Waals surface area contributed by atoms with Crippen molar-refractivity contribution in [1.29, 1.82) is 0 Å². The van der Waals surface area contributed by atoms with E-state index in [4.69, 9.17) is 9.47 Å². The van der Waals surface area contributed by atoms with Crippen molar-refractivity contribution >= 4 is 11.9 Å². The third-order valence-corrected chi connectivity index (χ3v) is 10.3. The van der Waals surface area contributed by atoms with Gasteiger partial charge in [-0.05, 0) is 93.2 Å². The van der Waals surface area contributed by atoms with Crippen LogP contribution >= 0.6 is 0 Å². The van der Waals surface area contributed by atoms with E-state index < -0.39 is 39.0 Å². The largest absolute Gasteiger partial charge is 0.423 e. The molecule has 4 nitrogen and oxygen atoms in total. The van der Waals surface area contributed by atoms with Gasteiger partial charge in [0.1, 0.15) is 11.5 Å². The Bertz CT molecular complexity index is 1920. The average Bonchev–Trinajstić information content (AvgIpc) is 3.34. The first kappa shape index (κ1) is 39.5. The van der Waals surface area contributed by atoms with E-state index in [2.05, 4.69) is 169 Å². The van der Waals surface area contributed by atoms with Crippen molar-refractivity contribution in [3.63, 3.8) is 0 Å². The third kappa shape index (κ3) is 7.05. The van der Waals surface area contributed by atoms with Crippen LogP contribution in [-0.2, 0) is 36.7 Å². The second kappa shape index (κ2) is 13.3. The Morgan fingerprint density at radius 1 is 0.491 bits per heavy atom. The Morgan fingerprint density at radius 3 is 1.00 bits per heavy atom. The lowest BCUT2D eigenvalue weighted by Crippen LogP contribution is -2.33. The highest BCUT2D eigenvalue weighted by Crippen LogP contribution is 2.59. The average molecular weight is 711 g/mol. The van der Waals surface area contributed by atoms with Gasteiger partial charge in [0.25, 0.3) is 0 Å². The summed E-state index contributed by atoms with van der Waals surface area (Å²) >= 11 is 0. The predicted molar refractivity (Wildman–Crippen MR) is 219 cm³/mol. The van der Waals surface area contributed by atoms with Crippen LogP contribution in [0.25, 0.3) is 11.1 Å². The summed E-state index contributed by atoms with van der Waals surface area (Å²) in [6.07, 6.45) is 0. The highest BCUT2D eigenvalue weighted by atomic mass is 16.5. The quantitative estimate of drug-likeness (QED) is 0.1000. The van der Waals surface area contributed by atoms with E-state index >= 15 is 0 Å². The van der Waals surface area contributed by atoms with Crippen molar-refractivity contribution < 1.29 is 19.1 Å². The van der Waals surface area contributed by atoms with Crippen LogP contribution in [0.2, 0.25) is 0 Å². The number of benzene rings is 4. The molecule has 4 heteroatoms. The van der Waals surface area contributed by atoms with Gasteiger partial charge in [-0.25, -0.2) is 9.59 Å². The van der Waals surface area contributed by atoms with Crippen molar-refractivity contribution in [3.05, 3.63) is 142 Å². The second-order valence-corrected chi connectivity index (χ2v) is 19.0. The maximum absolute atomic E-state index is 13.3. The first-order valence-electron chi connectivity index (χ1n) is 18.6. The third-order valence-electron chi connectivity index (χ3n) is 10.3. The number of rotatable bonds is 6. The molecule has 0 N–H and O–H groups in total. The van der Waals surface area contributed by atoms with Crippen molar-refractivity contribution in [2.75, 3.05) is 0 Å². The molecular formula is C49H58O4. The summed E-state index contributed by atoms with van der Waals surface area (Å²) in [6, 6.07) is 26.4. The van der Waals surface area contributed by atoms with Gasteiger partial charge in [-0.1, -0.05) is 145 Å². The first-order valence-corrected chi connectivity index (χ1v) is 18.6. The summed E-state index contributed by atoms with van der Waals surface area (Å²) in [5.74, 6) is 0.294. The fraction of sp³-hybridized carbons (Fsp3) is 0.388.